The molecule has 1 aliphatic carbocycles. The van der Waals surface area contributed by atoms with Crippen molar-refractivity contribution in [1.82, 2.24) is 10.2 Å². The van der Waals surface area contributed by atoms with Gasteiger partial charge in [0, 0.05) is 12.6 Å². The second-order valence-corrected chi connectivity index (χ2v) is 9.63. The van der Waals surface area contributed by atoms with E-state index in [0.29, 0.717) is 18.7 Å². The molecule has 190 valence electrons. The predicted octanol–water partition coefficient (Wildman–Crippen LogP) is 5.26. The molecule has 3 rings (SSSR count). The van der Waals surface area contributed by atoms with Crippen LogP contribution in [-0.2, 0) is 16.1 Å². The number of hydrogen-bond donors (Lipinski definition) is 1. The highest BCUT2D eigenvalue weighted by Gasteiger charge is 2.30. The van der Waals surface area contributed by atoms with Gasteiger partial charge in [-0.25, -0.2) is 0 Å². The third kappa shape index (κ3) is 7.23. The number of nitrogens with one attached hydrogen (secondary N) is 1. The minimum absolute atomic E-state index is 0.0850. The number of methoxy groups -OCH3 is 1. The van der Waals surface area contributed by atoms with Crippen LogP contribution >= 0.6 is 0 Å². The van der Waals surface area contributed by atoms with Gasteiger partial charge >= 0.3 is 0 Å². The minimum Gasteiger partial charge on any atom is -0.497 e. The van der Waals surface area contributed by atoms with Crippen molar-refractivity contribution < 1.29 is 19.1 Å². The molecule has 1 fully saturated rings. The van der Waals surface area contributed by atoms with E-state index >= 15 is 0 Å². The predicted molar refractivity (Wildman–Crippen MR) is 139 cm³/mol. The van der Waals surface area contributed by atoms with E-state index in [0.717, 1.165) is 53.7 Å². The van der Waals surface area contributed by atoms with Gasteiger partial charge in [-0.15, -0.1) is 0 Å². The van der Waals surface area contributed by atoms with Crippen LogP contribution in [0, 0.1) is 20.8 Å². The molecule has 0 unspecified atom stereocenters. The number of benzene rings is 2. The molecule has 0 bridgehead atoms. The molecule has 6 nitrogen and oxygen atoms in total. The lowest BCUT2D eigenvalue weighted by atomic mass is 9.95. The van der Waals surface area contributed by atoms with E-state index in [1.165, 1.54) is 6.42 Å². The van der Waals surface area contributed by atoms with E-state index in [-0.39, 0.29) is 24.5 Å². The van der Waals surface area contributed by atoms with Crippen molar-refractivity contribution in [3.05, 3.63) is 58.7 Å². The highest BCUT2D eigenvalue weighted by Crippen LogP contribution is 2.24. The highest BCUT2D eigenvalue weighted by atomic mass is 16.5. The van der Waals surface area contributed by atoms with Gasteiger partial charge < -0.3 is 19.7 Å². The molecular formula is C29H40N2O4. The number of rotatable bonds is 10. The van der Waals surface area contributed by atoms with Crippen LogP contribution in [0.4, 0.5) is 0 Å². The zero-order valence-electron chi connectivity index (χ0n) is 21.9. The van der Waals surface area contributed by atoms with Gasteiger partial charge in [0.1, 0.15) is 17.5 Å². The second kappa shape index (κ2) is 12.6. The van der Waals surface area contributed by atoms with Crippen molar-refractivity contribution in [2.45, 2.75) is 84.8 Å². The number of amides is 2. The summed E-state index contributed by atoms with van der Waals surface area (Å²) in [4.78, 5) is 28.5. The lowest BCUT2D eigenvalue weighted by Crippen LogP contribution is -2.52. The Labute approximate surface area is 210 Å². The lowest BCUT2D eigenvalue weighted by Gasteiger charge is -2.32. The van der Waals surface area contributed by atoms with E-state index in [4.69, 9.17) is 9.47 Å². The zero-order chi connectivity index (χ0) is 25.4. The maximum absolute atomic E-state index is 13.5. The van der Waals surface area contributed by atoms with Crippen LogP contribution < -0.4 is 14.8 Å². The van der Waals surface area contributed by atoms with Crippen LogP contribution in [-0.4, -0.2) is 42.5 Å². The molecule has 0 radical (unpaired) electrons. The number of hydrogen-bond acceptors (Lipinski definition) is 4. The monoisotopic (exact) mass is 480 g/mol. The summed E-state index contributed by atoms with van der Waals surface area (Å²) in [5, 5.41) is 3.21. The number of aryl methyl sites for hydroxylation is 2. The third-order valence-electron chi connectivity index (χ3n) is 6.94. The molecule has 35 heavy (non-hydrogen) atoms. The summed E-state index contributed by atoms with van der Waals surface area (Å²) in [6.07, 6.45) is 6.02. The Balaban J connectivity index is 1.81. The van der Waals surface area contributed by atoms with Crippen molar-refractivity contribution in [2.24, 2.45) is 0 Å². The van der Waals surface area contributed by atoms with Crippen LogP contribution in [0.15, 0.2) is 36.4 Å². The van der Waals surface area contributed by atoms with Gasteiger partial charge in [-0.1, -0.05) is 44.4 Å². The van der Waals surface area contributed by atoms with Crippen LogP contribution in [0.5, 0.6) is 11.5 Å². The number of ether oxygens (including phenoxy) is 2. The first-order valence-electron chi connectivity index (χ1n) is 12.8. The zero-order valence-corrected chi connectivity index (χ0v) is 21.9. The quantitative estimate of drug-likeness (QED) is 0.504. The molecule has 2 aromatic carbocycles. The van der Waals surface area contributed by atoms with Gasteiger partial charge in [-0.2, -0.15) is 0 Å². The molecular weight excluding hydrogens is 440 g/mol. The molecule has 1 saturated carbocycles. The first-order valence-corrected chi connectivity index (χ1v) is 12.8. The third-order valence-corrected chi connectivity index (χ3v) is 6.94. The molecule has 1 N–H and O–H groups in total. The molecule has 0 spiro atoms. The van der Waals surface area contributed by atoms with Crippen LogP contribution in [0.2, 0.25) is 0 Å². The Bertz CT molecular complexity index is 1010. The Hall–Kier alpha value is -3.02. The fraction of sp³-hybridized carbons (Fsp3) is 0.517. The molecule has 6 heteroatoms. The Kier molecular flexibility index (Phi) is 9.58. The Morgan fingerprint density at radius 3 is 2.51 bits per heavy atom. The van der Waals surface area contributed by atoms with E-state index in [1.54, 1.807) is 12.0 Å². The normalized spacial score (nSPS) is 14.8. The van der Waals surface area contributed by atoms with Gasteiger partial charge in [0.05, 0.1) is 7.11 Å². The summed E-state index contributed by atoms with van der Waals surface area (Å²) in [5.74, 6) is 1.13. The fourth-order valence-electron chi connectivity index (χ4n) is 4.80. The topological polar surface area (TPSA) is 67.9 Å². The van der Waals surface area contributed by atoms with Crippen molar-refractivity contribution in [2.75, 3.05) is 13.7 Å². The number of carbonyl (C=O) groups is 2. The van der Waals surface area contributed by atoms with Gasteiger partial charge in [-0.3, -0.25) is 9.59 Å². The average molecular weight is 481 g/mol. The minimum atomic E-state index is -0.570. The number of nitrogens with zero attached hydrogens (tertiary/aromatic N) is 1. The summed E-state index contributed by atoms with van der Waals surface area (Å²) >= 11 is 0. The molecule has 0 saturated heterocycles. The SMILES string of the molecule is CC[C@@H](C(=O)NC1CCCCC1)N(Cc1cccc(OC)c1)C(=O)COc1cc(C)cc(C)c1C. The Morgan fingerprint density at radius 1 is 1.09 bits per heavy atom. The fourth-order valence-corrected chi connectivity index (χ4v) is 4.80. The van der Waals surface area contributed by atoms with Gasteiger partial charge in [0.15, 0.2) is 6.61 Å². The van der Waals surface area contributed by atoms with E-state index in [9.17, 15) is 9.59 Å². The van der Waals surface area contributed by atoms with E-state index < -0.39 is 6.04 Å². The first-order chi connectivity index (χ1) is 16.8. The maximum Gasteiger partial charge on any atom is 0.261 e. The summed E-state index contributed by atoms with van der Waals surface area (Å²) in [6, 6.07) is 11.3. The molecule has 1 aliphatic rings. The largest absolute Gasteiger partial charge is 0.497 e. The number of carbonyl (C=O) groups excluding carboxylic acids is 2. The molecule has 2 aromatic rings. The maximum atomic E-state index is 13.5. The Morgan fingerprint density at radius 2 is 1.83 bits per heavy atom. The molecule has 0 aliphatic heterocycles. The van der Waals surface area contributed by atoms with Crippen molar-refractivity contribution in [1.29, 1.82) is 0 Å². The average Bonchev–Trinajstić information content (AvgIpc) is 2.85. The van der Waals surface area contributed by atoms with Crippen molar-refractivity contribution in [3.63, 3.8) is 0 Å². The first kappa shape index (κ1) is 26.6. The van der Waals surface area contributed by atoms with Crippen LogP contribution in [0.1, 0.15) is 67.7 Å². The summed E-state index contributed by atoms with van der Waals surface area (Å²) < 4.78 is 11.4. The van der Waals surface area contributed by atoms with Crippen LogP contribution in [0.3, 0.4) is 0 Å². The van der Waals surface area contributed by atoms with Gasteiger partial charge in [0.2, 0.25) is 5.91 Å². The molecule has 0 aromatic heterocycles. The van der Waals surface area contributed by atoms with Crippen molar-refractivity contribution in [3.8, 4) is 11.5 Å². The molecule has 1 atom stereocenters. The van der Waals surface area contributed by atoms with E-state index in [1.807, 2.05) is 58.0 Å². The molecule has 0 heterocycles. The molecule has 2 amide bonds. The highest BCUT2D eigenvalue weighted by molar-refractivity contribution is 5.88. The van der Waals surface area contributed by atoms with E-state index in [2.05, 4.69) is 11.4 Å². The second-order valence-electron chi connectivity index (χ2n) is 9.63. The van der Waals surface area contributed by atoms with Crippen molar-refractivity contribution >= 4 is 11.8 Å². The van der Waals surface area contributed by atoms with Crippen LogP contribution in [0.25, 0.3) is 0 Å². The summed E-state index contributed by atoms with van der Waals surface area (Å²) in [7, 11) is 1.62. The van der Waals surface area contributed by atoms with Gasteiger partial charge in [0.25, 0.3) is 5.91 Å². The van der Waals surface area contributed by atoms with Gasteiger partial charge in [-0.05, 0) is 80.5 Å². The standard InChI is InChI=1S/C29H40N2O4/c1-6-26(29(33)30-24-12-8-7-9-13-24)31(18-23-11-10-14-25(17-23)34-5)28(32)19-35-27-16-20(2)15-21(3)22(27)4/h10-11,14-17,24,26H,6-9,12-13,18-19H2,1-5H3,(H,30,33)/t26-/m0/s1. The smallest absolute Gasteiger partial charge is 0.261 e. The lowest BCUT2D eigenvalue weighted by molar-refractivity contribution is -0.143. The summed E-state index contributed by atoms with van der Waals surface area (Å²) in [6.45, 7) is 8.18. The summed E-state index contributed by atoms with van der Waals surface area (Å²) in [5.41, 5.74) is 4.13.